The van der Waals surface area contributed by atoms with E-state index in [9.17, 15) is 35.1 Å². The number of hydrogen-bond acceptors (Lipinski definition) is 10. The number of aliphatic hydroxyl groups excluding tert-OH is 5. The maximum atomic E-state index is 13.0. The molecule has 0 aromatic heterocycles. The second kappa shape index (κ2) is 58.6. The van der Waals surface area contributed by atoms with Gasteiger partial charge in [0.15, 0.2) is 6.29 Å². The molecule has 11 heteroatoms. The zero-order valence-corrected chi connectivity index (χ0v) is 52.1. The van der Waals surface area contributed by atoms with E-state index in [1.807, 2.05) is 6.08 Å². The molecular weight excluding hydrogens is 1000 g/mol. The molecule has 1 fully saturated rings. The molecule has 11 nitrogen and oxygen atoms in total. The van der Waals surface area contributed by atoms with Crippen LogP contribution in [-0.4, -0.2) is 100 Å². The van der Waals surface area contributed by atoms with E-state index in [2.05, 4.69) is 43.5 Å². The summed E-state index contributed by atoms with van der Waals surface area (Å²) in [4.78, 5) is 25.1. The molecule has 7 atom stereocenters. The highest BCUT2D eigenvalue weighted by Gasteiger charge is 2.44. The van der Waals surface area contributed by atoms with E-state index in [1.165, 1.54) is 238 Å². The summed E-state index contributed by atoms with van der Waals surface area (Å²) < 4.78 is 16.7. The fourth-order valence-electron chi connectivity index (χ4n) is 10.8. The van der Waals surface area contributed by atoms with Gasteiger partial charge in [0.2, 0.25) is 5.91 Å². The number of aliphatic hydroxyl groups is 5. The number of amides is 1. The summed E-state index contributed by atoms with van der Waals surface area (Å²) >= 11 is 0. The van der Waals surface area contributed by atoms with Crippen LogP contribution >= 0.6 is 0 Å². The molecule has 1 aliphatic rings. The number of nitrogens with one attached hydrogen (secondary N) is 1. The van der Waals surface area contributed by atoms with E-state index in [1.54, 1.807) is 6.08 Å². The minimum Gasteiger partial charge on any atom is -0.466 e. The maximum absolute atomic E-state index is 13.0. The van der Waals surface area contributed by atoms with Gasteiger partial charge in [-0.1, -0.05) is 301 Å². The molecule has 0 aromatic rings. The topological polar surface area (TPSA) is 175 Å². The number of allylic oxidation sites excluding steroid dienone is 5. The monoisotopic (exact) mass is 1130 g/mol. The van der Waals surface area contributed by atoms with E-state index in [0.717, 1.165) is 64.2 Å². The predicted octanol–water partition coefficient (Wildman–Crippen LogP) is 17.0. The minimum atomic E-state index is -1.58. The molecule has 0 spiro atoms. The first-order valence-corrected chi connectivity index (χ1v) is 34.3. The quantitative estimate of drug-likeness (QED) is 0.0195. The molecule has 1 aliphatic heterocycles. The van der Waals surface area contributed by atoms with Crippen LogP contribution in [0.2, 0.25) is 0 Å². The molecule has 1 amide bonds. The molecule has 1 saturated heterocycles. The van der Waals surface area contributed by atoms with Gasteiger partial charge in [0.25, 0.3) is 0 Å². The largest absolute Gasteiger partial charge is 0.466 e. The molecule has 0 saturated carbocycles. The second-order valence-corrected chi connectivity index (χ2v) is 23.9. The summed E-state index contributed by atoms with van der Waals surface area (Å²) in [6.07, 6.45) is 64.2. The Kier molecular flexibility index (Phi) is 55.6. The van der Waals surface area contributed by atoms with Crippen LogP contribution in [0.4, 0.5) is 0 Å². The molecule has 0 aliphatic carbocycles. The molecule has 0 bridgehead atoms. The van der Waals surface area contributed by atoms with Crippen LogP contribution in [0.1, 0.15) is 328 Å². The Labute approximate surface area is 492 Å². The number of carbonyl (C=O) groups is 2. The van der Waals surface area contributed by atoms with Crippen molar-refractivity contribution in [1.29, 1.82) is 0 Å². The minimum absolute atomic E-state index is 0.0102. The van der Waals surface area contributed by atoms with Crippen LogP contribution in [-0.2, 0) is 23.8 Å². The van der Waals surface area contributed by atoms with Gasteiger partial charge in [-0.15, -0.1) is 0 Å². The predicted molar refractivity (Wildman–Crippen MR) is 334 cm³/mol. The Morgan fingerprint density at radius 2 is 0.812 bits per heavy atom. The zero-order chi connectivity index (χ0) is 58.0. The first-order chi connectivity index (χ1) is 39.2. The summed E-state index contributed by atoms with van der Waals surface area (Å²) in [5.74, 6) is -0.183. The summed E-state index contributed by atoms with van der Waals surface area (Å²) in [5.41, 5.74) is 0. The van der Waals surface area contributed by atoms with Crippen LogP contribution in [0.3, 0.4) is 0 Å². The standard InChI is InChI=1S/C69H129NO10/c1-3-5-7-9-11-13-15-36-39-43-47-51-55-62(72)61(60-79-69-68(77)67(76)66(75)63(59-71)80-69)70-64(73)56-52-48-44-40-37-33-31-29-27-25-23-21-19-17-16-18-20-22-24-26-28-30-32-34-38-42-46-50-54-58-78-65(74)57-53-49-45-41-35-14-12-10-8-6-4-2/h9,11,36,39,51,55,61-63,66-69,71-72,75-77H,3-8,10,12-35,37-38,40-50,52-54,56-60H2,1-2H3,(H,70,73)/b11-9+,39-36+,55-51+. The van der Waals surface area contributed by atoms with Crippen molar-refractivity contribution in [2.45, 2.75) is 371 Å². The number of hydrogen-bond donors (Lipinski definition) is 6. The Hall–Kier alpha value is -2.12. The molecule has 1 rings (SSSR count). The Morgan fingerprint density at radius 3 is 1.23 bits per heavy atom. The molecule has 1 heterocycles. The van der Waals surface area contributed by atoms with Crippen LogP contribution in [0.15, 0.2) is 36.5 Å². The highest BCUT2D eigenvalue weighted by atomic mass is 16.7. The summed E-state index contributed by atoms with van der Waals surface area (Å²) in [7, 11) is 0. The lowest BCUT2D eigenvalue weighted by Gasteiger charge is -2.40. The van der Waals surface area contributed by atoms with Gasteiger partial charge in [-0.05, 0) is 51.4 Å². The lowest BCUT2D eigenvalue weighted by Crippen LogP contribution is -2.60. The number of esters is 1. The van der Waals surface area contributed by atoms with Crippen LogP contribution in [0, 0.1) is 0 Å². The summed E-state index contributed by atoms with van der Waals surface area (Å²) in [5, 5.41) is 54.4. The Morgan fingerprint density at radius 1 is 0.450 bits per heavy atom. The molecular formula is C69H129NO10. The van der Waals surface area contributed by atoms with Crippen molar-refractivity contribution in [1.82, 2.24) is 5.32 Å². The van der Waals surface area contributed by atoms with Gasteiger partial charge in [0.1, 0.15) is 24.4 Å². The first-order valence-electron chi connectivity index (χ1n) is 34.3. The SMILES string of the molecule is CCCC/C=C/CC/C=C/CC/C=C/C(O)C(COC1OC(CO)C(O)C(O)C1O)NC(=O)CCCCCCCCCCCCCCCCCCCCCCCCCCCCCCCOC(=O)CCCCCCCCCCCCC. The highest BCUT2D eigenvalue weighted by Crippen LogP contribution is 2.23. The zero-order valence-electron chi connectivity index (χ0n) is 52.1. The molecule has 6 N–H and O–H groups in total. The van der Waals surface area contributed by atoms with E-state index in [-0.39, 0.29) is 18.5 Å². The number of unbranched alkanes of at least 4 members (excludes halogenated alkanes) is 42. The number of carbonyl (C=O) groups excluding carboxylic acids is 2. The van der Waals surface area contributed by atoms with Crippen molar-refractivity contribution in [2.24, 2.45) is 0 Å². The lowest BCUT2D eigenvalue weighted by molar-refractivity contribution is -0.302. The van der Waals surface area contributed by atoms with Crippen molar-refractivity contribution < 1.29 is 49.3 Å². The van der Waals surface area contributed by atoms with Crippen molar-refractivity contribution in [3.8, 4) is 0 Å². The maximum Gasteiger partial charge on any atom is 0.305 e. The van der Waals surface area contributed by atoms with Gasteiger partial charge in [0.05, 0.1) is 32.0 Å². The smallest absolute Gasteiger partial charge is 0.305 e. The normalized spacial score (nSPS) is 18.5. The second-order valence-electron chi connectivity index (χ2n) is 23.9. The highest BCUT2D eigenvalue weighted by molar-refractivity contribution is 5.76. The van der Waals surface area contributed by atoms with Gasteiger partial charge in [-0.25, -0.2) is 0 Å². The van der Waals surface area contributed by atoms with Crippen molar-refractivity contribution in [3.63, 3.8) is 0 Å². The molecule has 7 unspecified atom stereocenters. The van der Waals surface area contributed by atoms with E-state index >= 15 is 0 Å². The molecule has 470 valence electrons. The van der Waals surface area contributed by atoms with E-state index in [0.29, 0.717) is 19.4 Å². The van der Waals surface area contributed by atoms with Crippen molar-refractivity contribution in [2.75, 3.05) is 19.8 Å². The van der Waals surface area contributed by atoms with E-state index < -0.39 is 49.5 Å². The Balaban J connectivity index is 1.96. The average Bonchev–Trinajstić information content (AvgIpc) is 3.46. The van der Waals surface area contributed by atoms with Gasteiger partial charge in [0, 0.05) is 12.8 Å². The van der Waals surface area contributed by atoms with Crippen LogP contribution < -0.4 is 5.32 Å². The number of ether oxygens (including phenoxy) is 3. The third-order valence-corrected chi connectivity index (χ3v) is 16.2. The van der Waals surface area contributed by atoms with Gasteiger partial charge in [-0.2, -0.15) is 0 Å². The third-order valence-electron chi connectivity index (χ3n) is 16.2. The summed E-state index contributed by atoms with van der Waals surface area (Å²) in [6, 6.07) is -0.831. The average molecular weight is 1130 g/mol. The van der Waals surface area contributed by atoms with Gasteiger partial charge < -0.3 is 45.1 Å². The van der Waals surface area contributed by atoms with Crippen LogP contribution in [0.5, 0.6) is 0 Å². The molecule has 0 radical (unpaired) electrons. The fraction of sp³-hybridized carbons (Fsp3) is 0.884. The van der Waals surface area contributed by atoms with Crippen LogP contribution in [0.25, 0.3) is 0 Å². The van der Waals surface area contributed by atoms with E-state index in [4.69, 9.17) is 14.2 Å². The number of rotatable bonds is 60. The van der Waals surface area contributed by atoms with Gasteiger partial charge in [-0.3, -0.25) is 9.59 Å². The Bertz CT molecular complexity index is 1420. The first kappa shape index (κ1) is 75.9. The fourth-order valence-corrected chi connectivity index (χ4v) is 10.8. The van der Waals surface area contributed by atoms with Gasteiger partial charge >= 0.3 is 5.97 Å². The summed E-state index contributed by atoms with van der Waals surface area (Å²) in [6.45, 7) is 4.30. The molecule has 0 aromatic carbocycles. The lowest BCUT2D eigenvalue weighted by atomic mass is 9.99. The van der Waals surface area contributed by atoms with Crippen molar-refractivity contribution >= 4 is 11.9 Å². The molecule has 80 heavy (non-hydrogen) atoms. The van der Waals surface area contributed by atoms with Crippen molar-refractivity contribution in [3.05, 3.63) is 36.5 Å². The third kappa shape index (κ3) is 47.3.